The highest BCUT2D eigenvalue weighted by molar-refractivity contribution is 6.32. The molecule has 1 saturated heterocycles. The molecule has 1 aromatic heterocycles. The van der Waals surface area contributed by atoms with Crippen LogP contribution in [-0.2, 0) is 0 Å². The number of carbonyl (C=O) groups is 1. The Kier molecular flexibility index (Phi) is 5.33. The number of nitrogens with one attached hydrogen (secondary N) is 1. The monoisotopic (exact) mass is 345 g/mol. The second-order valence-electron chi connectivity index (χ2n) is 5.83. The van der Waals surface area contributed by atoms with E-state index in [2.05, 4.69) is 10.3 Å². The zero-order valence-corrected chi connectivity index (χ0v) is 14.3. The summed E-state index contributed by atoms with van der Waals surface area (Å²) in [4.78, 5) is 18.4. The second kappa shape index (κ2) is 7.64. The van der Waals surface area contributed by atoms with Gasteiger partial charge in [-0.25, -0.2) is 0 Å². The van der Waals surface area contributed by atoms with Crippen LogP contribution in [0, 0.1) is 0 Å². The maximum atomic E-state index is 12.7. The van der Waals surface area contributed by atoms with Crippen molar-refractivity contribution >= 4 is 17.5 Å². The summed E-state index contributed by atoms with van der Waals surface area (Å²) in [6, 6.07) is 8.91. The zero-order chi connectivity index (χ0) is 16.9. The summed E-state index contributed by atoms with van der Waals surface area (Å²) in [5.41, 5.74) is 0.572. The van der Waals surface area contributed by atoms with Gasteiger partial charge in [0.15, 0.2) is 0 Å². The van der Waals surface area contributed by atoms with E-state index in [9.17, 15) is 4.79 Å². The largest absolute Gasteiger partial charge is 0.456 e. The first-order valence-electron chi connectivity index (χ1n) is 8.00. The molecular weight excluding hydrogens is 326 g/mol. The highest BCUT2D eigenvalue weighted by Gasteiger charge is 2.23. The van der Waals surface area contributed by atoms with E-state index in [0.717, 1.165) is 25.9 Å². The molecule has 0 radical (unpaired) electrons. The fourth-order valence-electron chi connectivity index (χ4n) is 2.81. The Bertz CT molecular complexity index is 703. The Hall–Kier alpha value is -2.11. The average Bonchev–Trinajstić information content (AvgIpc) is 2.64. The number of hydrogen-bond donors (Lipinski definition) is 1. The first-order chi connectivity index (χ1) is 11.6. The number of carbonyl (C=O) groups excluding carboxylic acids is 1. The van der Waals surface area contributed by atoms with Crippen LogP contribution in [-0.4, -0.2) is 42.0 Å². The molecule has 1 N–H and O–H groups in total. The zero-order valence-electron chi connectivity index (χ0n) is 13.5. The Morgan fingerprint density at radius 1 is 1.25 bits per heavy atom. The van der Waals surface area contributed by atoms with Crippen LogP contribution >= 0.6 is 11.6 Å². The number of aromatic nitrogens is 1. The number of pyridine rings is 1. The van der Waals surface area contributed by atoms with Crippen molar-refractivity contribution in [1.82, 2.24) is 15.2 Å². The van der Waals surface area contributed by atoms with Crippen LogP contribution in [0.4, 0.5) is 0 Å². The molecule has 1 amide bonds. The third-order valence-corrected chi connectivity index (χ3v) is 4.53. The summed E-state index contributed by atoms with van der Waals surface area (Å²) >= 11 is 6.29. The quantitative estimate of drug-likeness (QED) is 0.923. The highest BCUT2D eigenvalue weighted by atomic mass is 35.5. The molecule has 1 aromatic carbocycles. The summed E-state index contributed by atoms with van der Waals surface area (Å²) in [6.07, 6.45) is 5.24. The highest BCUT2D eigenvalue weighted by Crippen LogP contribution is 2.30. The lowest BCUT2D eigenvalue weighted by molar-refractivity contribution is 0.0703. The number of amides is 1. The first-order valence-corrected chi connectivity index (χ1v) is 8.38. The molecule has 5 nitrogen and oxygen atoms in total. The lowest BCUT2D eigenvalue weighted by Gasteiger charge is -2.31. The van der Waals surface area contributed by atoms with E-state index >= 15 is 0 Å². The van der Waals surface area contributed by atoms with Crippen molar-refractivity contribution in [2.45, 2.75) is 18.9 Å². The van der Waals surface area contributed by atoms with E-state index in [-0.39, 0.29) is 11.9 Å². The lowest BCUT2D eigenvalue weighted by atomic mass is 10.0. The summed E-state index contributed by atoms with van der Waals surface area (Å²) in [6.45, 7) is 1.89. The van der Waals surface area contributed by atoms with Gasteiger partial charge in [0.05, 0.1) is 5.02 Å². The van der Waals surface area contributed by atoms with Gasteiger partial charge in [-0.1, -0.05) is 11.6 Å². The molecule has 2 aromatic rings. The van der Waals surface area contributed by atoms with Gasteiger partial charge in [0.2, 0.25) is 0 Å². The SMILES string of the molecule is CN(C(=O)c1ccc(Oc2ccncc2)c(Cl)c1)C1CCNCC1. The molecule has 0 unspecified atom stereocenters. The minimum Gasteiger partial charge on any atom is -0.456 e. The summed E-state index contributed by atoms with van der Waals surface area (Å²) in [7, 11) is 1.85. The number of rotatable bonds is 4. The van der Waals surface area contributed by atoms with Gasteiger partial charge in [-0.15, -0.1) is 0 Å². The second-order valence-corrected chi connectivity index (χ2v) is 6.23. The fourth-order valence-corrected chi connectivity index (χ4v) is 3.03. The van der Waals surface area contributed by atoms with Crippen LogP contribution in [0.3, 0.4) is 0 Å². The van der Waals surface area contributed by atoms with E-state index in [0.29, 0.717) is 22.1 Å². The smallest absolute Gasteiger partial charge is 0.253 e. The van der Waals surface area contributed by atoms with Crippen LogP contribution in [0.15, 0.2) is 42.7 Å². The summed E-state index contributed by atoms with van der Waals surface area (Å²) < 4.78 is 5.72. The normalized spacial score (nSPS) is 15.1. The first kappa shape index (κ1) is 16.7. The van der Waals surface area contributed by atoms with Crippen molar-refractivity contribution < 1.29 is 9.53 Å². The minimum atomic E-state index is -0.0146. The molecule has 2 heterocycles. The topological polar surface area (TPSA) is 54.5 Å². The maximum Gasteiger partial charge on any atom is 0.253 e. The molecule has 1 aliphatic heterocycles. The number of piperidine rings is 1. The van der Waals surface area contributed by atoms with Crippen molar-refractivity contribution in [1.29, 1.82) is 0 Å². The Morgan fingerprint density at radius 3 is 2.62 bits per heavy atom. The van der Waals surface area contributed by atoms with Crippen LogP contribution in [0.2, 0.25) is 5.02 Å². The van der Waals surface area contributed by atoms with Crippen molar-refractivity contribution in [3.8, 4) is 11.5 Å². The van der Waals surface area contributed by atoms with Crippen LogP contribution < -0.4 is 10.1 Å². The van der Waals surface area contributed by atoms with Gasteiger partial charge in [0.1, 0.15) is 11.5 Å². The van der Waals surface area contributed by atoms with Gasteiger partial charge in [0, 0.05) is 31.0 Å². The maximum absolute atomic E-state index is 12.7. The summed E-state index contributed by atoms with van der Waals surface area (Å²) in [5.74, 6) is 1.15. The molecular formula is C18H20ClN3O2. The molecule has 0 atom stereocenters. The molecule has 126 valence electrons. The third-order valence-electron chi connectivity index (χ3n) is 4.23. The Labute approximate surface area is 146 Å². The van der Waals surface area contributed by atoms with Crippen LogP contribution in [0.5, 0.6) is 11.5 Å². The molecule has 0 aliphatic carbocycles. The van der Waals surface area contributed by atoms with Gasteiger partial charge in [-0.2, -0.15) is 0 Å². The third kappa shape index (κ3) is 3.86. The minimum absolute atomic E-state index is 0.0146. The molecule has 0 spiro atoms. The molecule has 1 aliphatic rings. The average molecular weight is 346 g/mol. The predicted molar refractivity (Wildman–Crippen MR) is 93.7 cm³/mol. The standard InChI is InChI=1S/C18H20ClN3O2/c1-22(14-4-8-20-9-5-14)18(23)13-2-3-17(16(19)12-13)24-15-6-10-21-11-7-15/h2-3,6-7,10-12,14,20H,4-5,8-9H2,1H3. The number of benzene rings is 1. The molecule has 1 fully saturated rings. The van der Waals surface area contributed by atoms with Crippen LogP contribution in [0.1, 0.15) is 23.2 Å². The molecule has 24 heavy (non-hydrogen) atoms. The van der Waals surface area contributed by atoms with Crippen LogP contribution in [0.25, 0.3) is 0 Å². The van der Waals surface area contributed by atoms with Gasteiger partial charge in [0.25, 0.3) is 5.91 Å². The molecule has 0 saturated carbocycles. The van der Waals surface area contributed by atoms with E-state index in [4.69, 9.17) is 16.3 Å². The summed E-state index contributed by atoms with van der Waals surface area (Å²) in [5, 5.41) is 3.72. The number of nitrogens with zero attached hydrogens (tertiary/aromatic N) is 2. The van der Waals surface area contributed by atoms with Gasteiger partial charge in [-0.3, -0.25) is 9.78 Å². The number of hydrogen-bond acceptors (Lipinski definition) is 4. The van der Waals surface area contributed by atoms with E-state index in [1.807, 2.05) is 11.9 Å². The van der Waals surface area contributed by atoms with Crippen molar-refractivity contribution in [2.75, 3.05) is 20.1 Å². The number of halogens is 1. The number of ether oxygens (including phenoxy) is 1. The molecule has 3 rings (SSSR count). The van der Waals surface area contributed by atoms with Gasteiger partial charge >= 0.3 is 0 Å². The van der Waals surface area contributed by atoms with E-state index in [1.165, 1.54) is 0 Å². The van der Waals surface area contributed by atoms with Gasteiger partial charge < -0.3 is 15.0 Å². The van der Waals surface area contributed by atoms with Gasteiger partial charge in [-0.05, 0) is 56.3 Å². The van der Waals surface area contributed by atoms with Crippen molar-refractivity contribution in [3.05, 3.63) is 53.3 Å². The predicted octanol–water partition coefficient (Wildman–Crippen LogP) is 3.35. The van der Waals surface area contributed by atoms with E-state index < -0.39 is 0 Å². The van der Waals surface area contributed by atoms with Crippen molar-refractivity contribution in [2.24, 2.45) is 0 Å². The van der Waals surface area contributed by atoms with E-state index in [1.54, 1.807) is 42.7 Å². The Balaban J connectivity index is 1.72. The van der Waals surface area contributed by atoms with Crippen molar-refractivity contribution in [3.63, 3.8) is 0 Å². The molecule has 0 bridgehead atoms. The fraction of sp³-hybridized carbons (Fsp3) is 0.333. The molecule has 6 heteroatoms. The lowest BCUT2D eigenvalue weighted by Crippen LogP contribution is -2.43. The Morgan fingerprint density at radius 2 is 1.96 bits per heavy atom.